The Morgan fingerprint density at radius 1 is 1.21 bits per heavy atom. The lowest BCUT2D eigenvalue weighted by atomic mass is 9.82. The van der Waals surface area contributed by atoms with Crippen molar-refractivity contribution in [2.24, 2.45) is 11.8 Å². The minimum absolute atomic E-state index is 0.638. The first-order valence-corrected chi connectivity index (χ1v) is 7.70. The average Bonchev–Trinajstić information content (AvgIpc) is 3.26. The van der Waals surface area contributed by atoms with Gasteiger partial charge in [-0.3, -0.25) is 0 Å². The Kier molecular flexibility index (Phi) is 3.90. The summed E-state index contributed by atoms with van der Waals surface area (Å²) < 4.78 is 5.37. The van der Waals surface area contributed by atoms with Gasteiger partial charge in [0.05, 0.1) is 18.5 Å². The van der Waals surface area contributed by atoms with Crippen molar-refractivity contribution >= 4 is 5.69 Å². The van der Waals surface area contributed by atoms with Gasteiger partial charge in [-0.25, -0.2) is 4.98 Å². The van der Waals surface area contributed by atoms with Crippen molar-refractivity contribution < 1.29 is 4.74 Å². The highest BCUT2D eigenvalue weighted by atomic mass is 16.5. The molecular weight excluding hydrogens is 236 g/mol. The predicted octanol–water partition coefficient (Wildman–Crippen LogP) is 3.86. The first-order chi connectivity index (χ1) is 9.35. The van der Waals surface area contributed by atoms with E-state index < -0.39 is 0 Å². The predicted molar refractivity (Wildman–Crippen MR) is 77.5 cm³/mol. The molecule has 104 valence electrons. The summed E-state index contributed by atoms with van der Waals surface area (Å²) >= 11 is 0. The van der Waals surface area contributed by atoms with E-state index in [9.17, 15) is 0 Å². The quantitative estimate of drug-likeness (QED) is 0.873. The molecule has 2 aliphatic rings. The Balaban J connectivity index is 1.54. The van der Waals surface area contributed by atoms with E-state index in [2.05, 4.69) is 16.4 Å². The zero-order valence-electron chi connectivity index (χ0n) is 11.8. The third-order valence-electron chi connectivity index (χ3n) is 4.40. The van der Waals surface area contributed by atoms with E-state index in [4.69, 9.17) is 4.74 Å². The molecule has 1 aromatic heterocycles. The van der Waals surface area contributed by atoms with Crippen molar-refractivity contribution in [2.75, 3.05) is 11.9 Å². The van der Waals surface area contributed by atoms with E-state index in [1.807, 2.05) is 19.2 Å². The van der Waals surface area contributed by atoms with E-state index in [-0.39, 0.29) is 0 Å². The van der Waals surface area contributed by atoms with Gasteiger partial charge in [-0.2, -0.15) is 0 Å². The highest BCUT2D eigenvalue weighted by Gasteiger charge is 2.34. The highest BCUT2D eigenvalue weighted by Crippen LogP contribution is 2.44. The molecule has 0 bridgehead atoms. The molecule has 2 atom stereocenters. The van der Waals surface area contributed by atoms with Gasteiger partial charge in [0.25, 0.3) is 0 Å². The molecule has 1 heterocycles. The van der Waals surface area contributed by atoms with Crippen LogP contribution in [0.5, 0.6) is 5.88 Å². The lowest BCUT2D eigenvalue weighted by molar-refractivity contribution is 0.303. The second-order valence-corrected chi connectivity index (χ2v) is 5.92. The van der Waals surface area contributed by atoms with Crippen LogP contribution in [0.2, 0.25) is 0 Å². The van der Waals surface area contributed by atoms with Crippen LogP contribution in [0.4, 0.5) is 5.69 Å². The molecule has 3 nitrogen and oxygen atoms in total. The van der Waals surface area contributed by atoms with Gasteiger partial charge < -0.3 is 10.1 Å². The molecule has 3 heteroatoms. The molecule has 2 fully saturated rings. The Labute approximate surface area is 115 Å². The molecule has 0 saturated heterocycles. The fraction of sp³-hybridized carbons (Fsp3) is 0.688. The van der Waals surface area contributed by atoms with Crippen molar-refractivity contribution in [3.8, 4) is 5.88 Å². The van der Waals surface area contributed by atoms with Crippen LogP contribution in [0.15, 0.2) is 18.3 Å². The summed E-state index contributed by atoms with van der Waals surface area (Å²) in [4.78, 5) is 4.32. The molecule has 1 aromatic rings. The third-order valence-corrected chi connectivity index (χ3v) is 4.40. The van der Waals surface area contributed by atoms with E-state index in [1.165, 1.54) is 38.5 Å². The maximum atomic E-state index is 5.37. The molecule has 19 heavy (non-hydrogen) atoms. The van der Waals surface area contributed by atoms with Gasteiger partial charge in [-0.1, -0.05) is 12.8 Å². The van der Waals surface area contributed by atoms with Crippen LogP contribution in [0.3, 0.4) is 0 Å². The molecule has 2 aliphatic carbocycles. The van der Waals surface area contributed by atoms with Crippen molar-refractivity contribution in [3.63, 3.8) is 0 Å². The number of hydrogen-bond acceptors (Lipinski definition) is 3. The monoisotopic (exact) mass is 260 g/mol. The molecule has 1 N–H and O–H groups in total. The molecule has 2 unspecified atom stereocenters. The molecule has 0 spiro atoms. The number of nitrogens with zero attached hydrogens (tertiary/aromatic N) is 1. The summed E-state index contributed by atoms with van der Waals surface area (Å²) in [5.74, 6) is 2.73. The summed E-state index contributed by atoms with van der Waals surface area (Å²) in [5, 5.41) is 3.64. The summed E-state index contributed by atoms with van der Waals surface area (Å²) in [7, 11) is 0. The molecule has 0 aromatic carbocycles. The van der Waals surface area contributed by atoms with Crippen molar-refractivity contribution in [1.82, 2.24) is 4.98 Å². The van der Waals surface area contributed by atoms with E-state index >= 15 is 0 Å². The smallest absolute Gasteiger partial charge is 0.213 e. The van der Waals surface area contributed by atoms with Gasteiger partial charge in [0.15, 0.2) is 0 Å². The SMILES string of the molecule is CCOc1ccc(NC2CCCC(C3CC3)C2)cn1. The summed E-state index contributed by atoms with van der Waals surface area (Å²) in [6.07, 6.45) is 10.3. The van der Waals surface area contributed by atoms with Crippen LogP contribution in [0.1, 0.15) is 45.4 Å². The average molecular weight is 260 g/mol. The maximum Gasteiger partial charge on any atom is 0.213 e. The Morgan fingerprint density at radius 2 is 2.11 bits per heavy atom. The topological polar surface area (TPSA) is 34.1 Å². The van der Waals surface area contributed by atoms with Gasteiger partial charge in [-0.05, 0) is 50.5 Å². The van der Waals surface area contributed by atoms with Crippen LogP contribution in [0, 0.1) is 11.8 Å². The molecule has 0 aliphatic heterocycles. The largest absolute Gasteiger partial charge is 0.478 e. The number of anilines is 1. The Morgan fingerprint density at radius 3 is 2.79 bits per heavy atom. The van der Waals surface area contributed by atoms with Gasteiger partial charge >= 0.3 is 0 Å². The van der Waals surface area contributed by atoms with Crippen molar-refractivity contribution in [2.45, 2.75) is 51.5 Å². The maximum absolute atomic E-state index is 5.37. The summed E-state index contributed by atoms with van der Waals surface area (Å²) in [6.45, 7) is 2.65. The van der Waals surface area contributed by atoms with Crippen molar-refractivity contribution in [3.05, 3.63) is 18.3 Å². The van der Waals surface area contributed by atoms with E-state index in [0.717, 1.165) is 17.5 Å². The Hall–Kier alpha value is -1.25. The van der Waals surface area contributed by atoms with Gasteiger partial charge in [0.1, 0.15) is 0 Å². The van der Waals surface area contributed by atoms with Crippen molar-refractivity contribution in [1.29, 1.82) is 0 Å². The van der Waals surface area contributed by atoms with Crippen LogP contribution in [-0.4, -0.2) is 17.6 Å². The van der Waals surface area contributed by atoms with Crippen LogP contribution in [0.25, 0.3) is 0 Å². The number of ether oxygens (including phenoxy) is 1. The number of nitrogens with one attached hydrogen (secondary N) is 1. The zero-order chi connectivity index (χ0) is 13.1. The van der Waals surface area contributed by atoms with Gasteiger partial charge in [0, 0.05) is 12.1 Å². The van der Waals surface area contributed by atoms with E-state index in [0.29, 0.717) is 18.5 Å². The van der Waals surface area contributed by atoms with Crippen LogP contribution < -0.4 is 10.1 Å². The second-order valence-electron chi connectivity index (χ2n) is 5.92. The Bertz CT molecular complexity index is 400. The number of rotatable bonds is 5. The van der Waals surface area contributed by atoms with Crippen LogP contribution >= 0.6 is 0 Å². The lowest BCUT2D eigenvalue weighted by Gasteiger charge is -2.30. The number of aromatic nitrogens is 1. The second kappa shape index (κ2) is 5.81. The first-order valence-electron chi connectivity index (χ1n) is 7.70. The lowest BCUT2D eigenvalue weighted by Crippen LogP contribution is -2.28. The minimum atomic E-state index is 0.638. The first kappa shape index (κ1) is 12.8. The normalized spacial score (nSPS) is 27.0. The zero-order valence-corrected chi connectivity index (χ0v) is 11.8. The number of pyridine rings is 1. The van der Waals surface area contributed by atoms with Gasteiger partial charge in [0.2, 0.25) is 5.88 Å². The molecular formula is C16H24N2O. The fourth-order valence-electron chi connectivity index (χ4n) is 3.29. The molecule has 0 amide bonds. The van der Waals surface area contributed by atoms with Gasteiger partial charge in [-0.15, -0.1) is 0 Å². The number of hydrogen-bond donors (Lipinski definition) is 1. The molecule has 2 saturated carbocycles. The summed E-state index contributed by atoms with van der Waals surface area (Å²) in [6, 6.07) is 4.67. The summed E-state index contributed by atoms with van der Waals surface area (Å²) in [5.41, 5.74) is 1.13. The standard InChI is InChI=1S/C16H24N2O/c1-2-19-16-9-8-15(11-17-16)18-14-5-3-4-13(10-14)12-6-7-12/h8-9,11-14,18H,2-7,10H2,1H3. The van der Waals surface area contributed by atoms with E-state index in [1.54, 1.807) is 0 Å². The van der Waals surface area contributed by atoms with Crippen LogP contribution in [-0.2, 0) is 0 Å². The molecule has 0 radical (unpaired) electrons. The molecule has 3 rings (SSSR count). The third kappa shape index (κ3) is 3.40. The highest BCUT2D eigenvalue weighted by molar-refractivity contribution is 5.43. The fourth-order valence-corrected chi connectivity index (χ4v) is 3.29. The minimum Gasteiger partial charge on any atom is -0.478 e.